The van der Waals surface area contributed by atoms with Crippen molar-refractivity contribution in [1.29, 1.82) is 0 Å². The van der Waals surface area contributed by atoms with E-state index in [-0.39, 0.29) is 29.0 Å². The van der Waals surface area contributed by atoms with Gasteiger partial charge in [-0.15, -0.1) is 12.4 Å². The highest BCUT2D eigenvalue weighted by atomic mass is 35.5. The van der Waals surface area contributed by atoms with Gasteiger partial charge in [0, 0.05) is 19.1 Å². The predicted molar refractivity (Wildman–Crippen MR) is 76.0 cm³/mol. The summed E-state index contributed by atoms with van der Waals surface area (Å²) < 4.78 is 28.6. The molecule has 0 saturated heterocycles. The van der Waals surface area contributed by atoms with E-state index in [1.807, 2.05) is 6.92 Å². The lowest BCUT2D eigenvalue weighted by atomic mass is 9.98. The van der Waals surface area contributed by atoms with E-state index in [2.05, 4.69) is 9.82 Å². The number of nitrogens with two attached hydrogens (primary N) is 1. The first kappa shape index (κ1) is 16.7. The van der Waals surface area contributed by atoms with Crippen molar-refractivity contribution in [3.63, 3.8) is 0 Å². The lowest BCUT2D eigenvalue weighted by Gasteiger charge is -2.29. The van der Waals surface area contributed by atoms with Gasteiger partial charge in [0.15, 0.2) is 5.03 Å². The first-order valence-corrected chi connectivity index (χ1v) is 7.58. The van der Waals surface area contributed by atoms with E-state index < -0.39 is 15.6 Å². The van der Waals surface area contributed by atoms with Gasteiger partial charge in [-0.05, 0) is 25.7 Å². The second kappa shape index (κ2) is 5.57. The molecule has 1 fully saturated rings. The number of sulfonamides is 1. The van der Waals surface area contributed by atoms with Crippen LogP contribution in [-0.2, 0) is 17.1 Å². The van der Waals surface area contributed by atoms with Gasteiger partial charge in [-0.25, -0.2) is 13.1 Å². The van der Waals surface area contributed by atoms with Crippen LogP contribution in [0.4, 0.5) is 0 Å². The zero-order valence-electron chi connectivity index (χ0n) is 10.8. The Morgan fingerprint density at radius 1 is 1.63 bits per heavy atom. The fourth-order valence-corrected chi connectivity index (χ4v) is 4.20. The molecule has 1 saturated carbocycles. The minimum atomic E-state index is -3.71. The average Bonchev–Trinajstić information content (AvgIpc) is 3.05. The highest BCUT2D eigenvalue weighted by molar-refractivity contribution is 7.89. The number of aryl methyl sites for hydroxylation is 1. The molecule has 9 heteroatoms. The van der Waals surface area contributed by atoms with Gasteiger partial charge in [-0.1, -0.05) is 11.6 Å². The molecule has 1 aromatic rings. The van der Waals surface area contributed by atoms with Crippen LogP contribution in [0, 0.1) is 5.92 Å². The summed E-state index contributed by atoms with van der Waals surface area (Å²) in [5.41, 5.74) is 5.08. The van der Waals surface area contributed by atoms with Gasteiger partial charge in [0.05, 0.1) is 11.2 Å². The molecule has 1 atom stereocenters. The molecule has 1 heterocycles. The Morgan fingerprint density at radius 3 is 2.58 bits per heavy atom. The number of hydrogen-bond donors (Lipinski definition) is 2. The summed E-state index contributed by atoms with van der Waals surface area (Å²) in [7, 11) is -2.18. The fraction of sp³-hybridized carbons (Fsp3) is 0.700. The van der Waals surface area contributed by atoms with E-state index in [1.165, 1.54) is 17.9 Å². The maximum Gasteiger partial charge on any atom is 0.259 e. The molecule has 3 N–H and O–H groups in total. The monoisotopic (exact) mass is 328 g/mol. The Morgan fingerprint density at radius 2 is 2.21 bits per heavy atom. The molecule has 0 aliphatic heterocycles. The number of nitrogens with one attached hydrogen (secondary N) is 1. The van der Waals surface area contributed by atoms with Crippen molar-refractivity contribution < 1.29 is 8.42 Å². The molecule has 110 valence electrons. The lowest BCUT2D eigenvalue weighted by Crippen LogP contribution is -2.53. The second-order valence-electron chi connectivity index (χ2n) is 4.92. The minimum Gasteiger partial charge on any atom is -0.329 e. The van der Waals surface area contributed by atoms with Crippen molar-refractivity contribution in [2.24, 2.45) is 18.7 Å². The van der Waals surface area contributed by atoms with Crippen LogP contribution in [0.2, 0.25) is 5.02 Å². The third kappa shape index (κ3) is 3.22. The van der Waals surface area contributed by atoms with Crippen LogP contribution in [-0.4, -0.2) is 30.3 Å². The molecule has 1 unspecified atom stereocenters. The van der Waals surface area contributed by atoms with Crippen LogP contribution in [0.5, 0.6) is 0 Å². The molecule has 0 bridgehead atoms. The van der Waals surface area contributed by atoms with Crippen molar-refractivity contribution in [1.82, 2.24) is 14.5 Å². The van der Waals surface area contributed by atoms with E-state index in [9.17, 15) is 8.42 Å². The average molecular weight is 329 g/mol. The van der Waals surface area contributed by atoms with Gasteiger partial charge in [0.25, 0.3) is 10.0 Å². The molecule has 0 spiro atoms. The van der Waals surface area contributed by atoms with Gasteiger partial charge >= 0.3 is 0 Å². The molecule has 2 rings (SSSR count). The fourth-order valence-electron chi connectivity index (χ4n) is 2.07. The van der Waals surface area contributed by atoms with Crippen molar-refractivity contribution >= 4 is 34.0 Å². The summed E-state index contributed by atoms with van der Waals surface area (Å²) in [5, 5.41) is 3.92. The smallest absolute Gasteiger partial charge is 0.259 e. The van der Waals surface area contributed by atoms with E-state index in [0.29, 0.717) is 5.92 Å². The Labute approximate surface area is 124 Å². The number of hydrogen-bond acceptors (Lipinski definition) is 4. The van der Waals surface area contributed by atoms with E-state index in [0.717, 1.165) is 12.8 Å². The number of aromatic nitrogens is 2. The first-order chi connectivity index (χ1) is 8.30. The van der Waals surface area contributed by atoms with Crippen molar-refractivity contribution in [2.75, 3.05) is 6.54 Å². The largest absolute Gasteiger partial charge is 0.329 e. The molecule has 0 aromatic carbocycles. The van der Waals surface area contributed by atoms with Crippen molar-refractivity contribution in [2.45, 2.75) is 30.3 Å². The molecule has 1 aliphatic rings. The molecule has 0 amide bonds. The maximum absolute atomic E-state index is 12.3. The normalized spacial score (nSPS) is 18.7. The van der Waals surface area contributed by atoms with Crippen LogP contribution >= 0.6 is 24.0 Å². The summed E-state index contributed by atoms with van der Waals surface area (Å²) >= 11 is 5.86. The van der Waals surface area contributed by atoms with E-state index in [4.69, 9.17) is 17.3 Å². The first-order valence-electron chi connectivity index (χ1n) is 5.72. The molecule has 1 aliphatic carbocycles. The molecule has 0 radical (unpaired) electrons. The van der Waals surface area contributed by atoms with Crippen LogP contribution in [0.1, 0.15) is 19.8 Å². The summed E-state index contributed by atoms with van der Waals surface area (Å²) in [6, 6.07) is 0. The van der Waals surface area contributed by atoms with Crippen molar-refractivity contribution in [3.8, 4) is 0 Å². The van der Waals surface area contributed by atoms with Gasteiger partial charge in [0.1, 0.15) is 0 Å². The summed E-state index contributed by atoms with van der Waals surface area (Å²) in [4.78, 5) is 0. The van der Waals surface area contributed by atoms with Gasteiger partial charge < -0.3 is 5.73 Å². The number of halogens is 2. The summed E-state index contributed by atoms with van der Waals surface area (Å²) in [6.45, 7) is 2.08. The zero-order chi connectivity index (χ0) is 13.6. The molecule has 19 heavy (non-hydrogen) atoms. The molecule has 1 aromatic heterocycles. The lowest BCUT2D eigenvalue weighted by molar-refractivity contribution is 0.372. The number of nitrogens with zero attached hydrogens (tertiary/aromatic N) is 2. The van der Waals surface area contributed by atoms with Crippen LogP contribution in [0.3, 0.4) is 0 Å². The minimum absolute atomic E-state index is 0. The van der Waals surface area contributed by atoms with E-state index >= 15 is 0 Å². The van der Waals surface area contributed by atoms with Crippen LogP contribution in [0.25, 0.3) is 0 Å². The third-order valence-corrected chi connectivity index (χ3v) is 5.48. The Kier molecular flexibility index (Phi) is 4.90. The zero-order valence-corrected chi connectivity index (χ0v) is 13.1. The van der Waals surface area contributed by atoms with Gasteiger partial charge in [-0.3, -0.25) is 4.68 Å². The van der Waals surface area contributed by atoms with Gasteiger partial charge in [0.2, 0.25) is 0 Å². The highest BCUT2D eigenvalue weighted by Gasteiger charge is 2.44. The van der Waals surface area contributed by atoms with Crippen molar-refractivity contribution in [3.05, 3.63) is 11.2 Å². The Balaban J connectivity index is 0.00000180. The predicted octanol–water partition coefficient (Wildman–Crippen LogP) is 0.901. The van der Waals surface area contributed by atoms with E-state index in [1.54, 1.807) is 0 Å². The molecular weight excluding hydrogens is 311 g/mol. The number of rotatable bonds is 5. The van der Waals surface area contributed by atoms with Gasteiger partial charge in [-0.2, -0.15) is 5.10 Å². The quantitative estimate of drug-likeness (QED) is 0.840. The van der Waals surface area contributed by atoms with Crippen LogP contribution in [0.15, 0.2) is 11.2 Å². The van der Waals surface area contributed by atoms with Crippen LogP contribution < -0.4 is 10.5 Å². The molecule has 6 nitrogen and oxygen atoms in total. The second-order valence-corrected chi connectivity index (χ2v) is 6.93. The Hall–Kier alpha value is -0.340. The molecular formula is C10H18Cl2N4O2S. The summed E-state index contributed by atoms with van der Waals surface area (Å²) in [5.74, 6) is 0.296. The maximum atomic E-state index is 12.3. The Bertz CT molecular complexity index is 536. The summed E-state index contributed by atoms with van der Waals surface area (Å²) in [6.07, 6.45) is 3.30. The highest BCUT2D eigenvalue weighted by Crippen LogP contribution is 2.40. The third-order valence-electron chi connectivity index (χ3n) is 3.37. The SMILES string of the molecule is Cl.Cn1ncc(Cl)c1S(=O)(=O)NC(C)(CN)C1CC1. The standard InChI is InChI=1S/C10H17ClN4O2S.ClH/c1-10(6-12,7-3-4-7)14-18(16,17)9-8(11)5-13-15(9)2;/h5,7,14H,3-4,6,12H2,1-2H3;1H. The topological polar surface area (TPSA) is 90.0 Å².